The van der Waals surface area contributed by atoms with Gasteiger partial charge in [-0.15, -0.1) is 24.8 Å². The zero-order chi connectivity index (χ0) is 15.4. The van der Waals surface area contributed by atoms with Crippen molar-refractivity contribution in [3.05, 3.63) is 35.9 Å². The van der Waals surface area contributed by atoms with Crippen LogP contribution in [0.2, 0.25) is 0 Å². The number of nitrogens with two attached hydrogens (primary N) is 1. The van der Waals surface area contributed by atoms with Gasteiger partial charge in [-0.25, -0.2) is 0 Å². The van der Waals surface area contributed by atoms with Crippen LogP contribution in [0.15, 0.2) is 30.3 Å². The van der Waals surface area contributed by atoms with Gasteiger partial charge < -0.3 is 15.4 Å². The maximum Gasteiger partial charge on any atom is 0.239 e. The quantitative estimate of drug-likeness (QED) is 0.862. The summed E-state index contributed by atoms with van der Waals surface area (Å²) in [6.45, 7) is 5.19. The molecule has 2 N–H and O–H groups in total. The predicted molar refractivity (Wildman–Crippen MR) is 100.0 cm³/mol. The average molecular weight is 376 g/mol. The second-order valence-corrected chi connectivity index (χ2v) is 6.17. The Balaban J connectivity index is 0.00000144. The topological polar surface area (TPSA) is 58.8 Å². The molecule has 1 aromatic carbocycles. The Hall–Kier alpha value is -0.850. The largest absolute Gasteiger partial charge is 0.379 e. The zero-order valence-electron chi connectivity index (χ0n) is 13.8. The summed E-state index contributed by atoms with van der Waals surface area (Å²) in [6, 6.07) is 10.0. The third kappa shape index (κ3) is 5.33. The number of hydrogen-bond acceptors (Lipinski definition) is 4. The summed E-state index contributed by atoms with van der Waals surface area (Å²) in [6.07, 6.45) is 1.65. The van der Waals surface area contributed by atoms with Crippen molar-refractivity contribution in [3.8, 4) is 0 Å². The maximum absolute atomic E-state index is 12.5. The van der Waals surface area contributed by atoms with E-state index in [1.54, 1.807) is 0 Å². The molecule has 2 aliphatic heterocycles. The summed E-state index contributed by atoms with van der Waals surface area (Å²) < 4.78 is 5.40. The molecule has 2 atom stereocenters. The molecule has 1 aromatic rings. The highest BCUT2D eigenvalue weighted by molar-refractivity contribution is 5.85. The predicted octanol–water partition coefficient (Wildman–Crippen LogP) is 1.33. The molecule has 7 heteroatoms. The first-order valence-corrected chi connectivity index (χ1v) is 8.14. The number of morpholine rings is 1. The molecule has 2 unspecified atom stereocenters. The molecule has 136 valence electrons. The zero-order valence-corrected chi connectivity index (χ0v) is 15.4. The third-order valence-electron chi connectivity index (χ3n) is 4.65. The molecular formula is C17H27Cl2N3O2. The lowest BCUT2D eigenvalue weighted by Gasteiger charge is -2.32. The summed E-state index contributed by atoms with van der Waals surface area (Å²) in [5.74, 6) is 0.0830. The highest BCUT2D eigenvalue weighted by Crippen LogP contribution is 2.18. The van der Waals surface area contributed by atoms with E-state index in [4.69, 9.17) is 10.5 Å². The highest BCUT2D eigenvalue weighted by Gasteiger charge is 2.32. The first-order valence-electron chi connectivity index (χ1n) is 8.14. The number of carbonyl (C=O) groups excluding carboxylic acids is 1. The van der Waals surface area contributed by atoms with Gasteiger partial charge in [-0.05, 0) is 18.4 Å². The minimum absolute atomic E-state index is 0. The van der Waals surface area contributed by atoms with Gasteiger partial charge in [0.05, 0.1) is 19.3 Å². The SMILES string of the molecule is Cl.Cl.NC(Cc1ccccc1)C(=O)N1CCC(N2CCOCC2)C1. The van der Waals surface area contributed by atoms with E-state index in [2.05, 4.69) is 4.90 Å². The lowest BCUT2D eigenvalue weighted by molar-refractivity contribution is -0.131. The van der Waals surface area contributed by atoms with Crippen LogP contribution in [0.5, 0.6) is 0 Å². The van der Waals surface area contributed by atoms with Crippen molar-refractivity contribution < 1.29 is 9.53 Å². The van der Waals surface area contributed by atoms with Crippen molar-refractivity contribution in [3.63, 3.8) is 0 Å². The molecule has 2 saturated heterocycles. The van der Waals surface area contributed by atoms with Crippen LogP contribution in [0.25, 0.3) is 0 Å². The van der Waals surface area contributed by atoms with E-state index >= 15 is 0 Å². The third-order valence-corrected chi connectivity index (χ3v) is 4.65. The van der Waals surface area contributed by atoms with Crippen molar-refractivity contribution in [1.29, 1.82) is 0 Å². The molecule has 2 heterocycles. The fourth-order valence-corrected chi connectivity index (χ4v) is 3.37. The molecular weight excluding hydrogens is 349 g/mol. The second kappa shape index (κ2) is 10.2. The van der Waals surface area contributed by atoms with Crippen LogP contribution in [0, 0.1) is 0 Å². The molecule has 1 amide bonds. The fourth-order valence-electron chi connectivity index (χ4n) is 3.37. The molecule has 0 aliphatic carbocycles. The van der Waals surface area contributed by atoms with E-state index in [9.17, 15) is 4.79 Å². The molecule has 0 aromatic heterocycles. The number of likely N-dealkylation sites (tertiary alicyclic amines) is 1. The van der Waals surface area contributed by atoms with Crippen LogP contribution in [0.1, 0.15) is 12.0 Å². The summed E-state index contributed by atoms with van der Waals surface area (Å²) in [5, 5.41) is 0. The number of amides is 1. The van der Waals surface area contributed by atoms with Crippen LogP contribution in [0.3, 0.4) is 0 Å². The van der Waals surface area contributed by atoms with Gasteiger partial charge >= 0.3 is 0 Å². The van der Waals surface area contributed by atoms with Crippen LogP contribution >= 0.6 is 24.8 Å². The Labute approximate surface area is 156 Å². The maximum atomic E-state index is 12.5. The van der Waals surface area contributed by atoms with Crippen molar-refractivity contribution in [1.82, 2.24) is 9.80 Å². The molecule has 3 rings (SSSR count). The van der Waals surface area contributed by atoms with Gasteiger partial charge in [0.15, 0.2) is 0 Å². The number of nitrogens with zero attached hydrogens (tertiary/aromatic N) is 2. The Kier molecular flexibility index (Phi) is 9.02. The van der Waals surface area contributed by atoms with Gasteiger partial charge in [0, 0.05) is 32.2 Å². The van der Waals surface area contributed by atoms with Crippen LogP contribution in [-0.2, 0) is 16.0 Å². The first kappa shape index (κ1) is 21.2. The van der Waals surface area contributed by atoms with Gasteiger partial charge in [0.1, 0.15) is 0 Å². The van der Waals surface area contributed by atoms with Crippen LogP contribution in [-0.4, -0.2) is 67.2 Å². The van der Waals surface area contributed by atoms with Crippen LogP contribution < -0.4 is 5.73 Å². The highest BCUT2D eigenvalue weighted by atomic mass is 35.5. The summed E-state index contributed by atoms with van der Waals surface area (Å²) in [7, 11) is 0. The van der Waals surface area contributed by atoms with E-state index < -0.39 is 6.04 Å². The Morgan fingerprint density at radius 3 is 2.50 bits per heavy atom. The minimum atomic E-state index is -0.439. The monoisotopic (exact) mass is 375 g/mol. The van der Waals surface area contributed by atoms with E-state index in [0.717, 1.165) is 51.4 Å². The molecule has 5 nitrogen and oxygen atoms in total. The van der Waals surface area contributed by atoms with Gasteiger partial charge in [0.25, 0.3) is 0 Å². The molecule has 0 bridgehead atoms. The van der Waals surface area contributed by atoms with Crippen molar-refractivity contribution in [2.75, 3.05) is 39.4 Å². The van der Waals surface area contributed by atoms with E-state index in [1.807, 2.05) is 35.2 Å². The summed E-state index contributed by atoms with van der Waals surface area (Å²) in [5.41, 5.74) is 7.25. The number of carbonyl (C=O) groups is 1. The number of rotatable bonds is 4. The Bertz CT molecular complexity index is 498. The lowest BCUT2D eigenvalue weighted by atomic mass is 10.1. The van der Waals surface area contributed by atoms with E-state index in [-0.39, 0.29) is 30.7 Å². The average Bonchev–Trinajstić information content (AvgIpc) is 3.06. The summed E-state index contributed by atoms with van der Waals surface area (Å²) >= 11 is 0. The smallest absolute Gasteiger partial charge is 0.239 e. The van der Waals surface area contributed by atoms with Gasteiger partial charge in [-0.1, -0.05) is 30.3 Å². The Morgan fingerprint density at radius 2 is 1.83 bits per heavy atom. The normalized spacial score (nSPS) is 22.4. The van der Waals surface area contributed by atoms with Gasteiger partial charge in [-0.2, -0.15) is 0 Å². The number of benzene rings is 1. The molecule has 2 fully saturated rings. The molecule has 24 heavy (non-hydrogen) atoms. The van der Waals surface area contributed by atoms with E-state index in [0.29, 0.717) is 12.5 Å². The van der Waals surface area contributed by atoms with Crippen molar-refractivity contribution in [2.45, 2.75) is 24.9 Å². The van der Waals surface area contributed by atoms with Gasteiger partial charge in [-0.3, -0.25) is 9.69 Å². The second-order valence-electron chi connectivity index (χ2n) is 6.17. The van der Waals surface area contributed by atoms with E-state index in [1.165, 1.54) is 0 Å². The minimum Gasteiger partial charge on any atom is -0.379 e. The Morgan fingerprint density at radius 1 is 1.17 bits per heavy atom. The number of hydrogen-bond donors (Lipinski definition) is 1. The van der Waals surface area contributed by atoms with Crippen molar-refractivity contribution >= 4 is 30.7 Å². The lowest BCUT2D eigenvalue weighted by Crippen LogP contribution is -2.47. The number of ether oxygens (including phenoxy) is 1. The number of halogens is 2. The molecule has 0 radical (unpaired) electrons. The van der Waals surface area contributed by atoms with Gasteiger partial charge in [0.2, 0.25) is 5.91 Å². The summed E-state index contributed by atoms with van der Waals surface area (Å²) in [4.78, 5) is 16.9. The molecule has 2 aliphatic rings. The first-order chi connectivity index (χ1) is 10.7. The van der Waals surface area contributed by atoms with Crippen molar-refractivity contribution in [2.24, 2.45) is 5.73 Å². The van der Waals surface area contributed by atoms with Crippen LogP contribution in [0.4, 0.5) is 0 Å². The molecule has 0 spiro atoms. The fraction of sp³-hybridized carbons (Fsp3) is 0.588. The standard InChI is InChI=1S/C17H25N3O2.2ClH/c18-16(12-14-4-2-1-3-5-14)17(21)20-7-6-15(13-20)19-8-10-22-11-9-19;;/h1-5,15-16H,6-13,18H2;2*1H. The molecule has 0 saturated carbocycles.